The number of hydrogen-bond donors (Lipinski definition) is 1. The van der Waals surface area contributed by atoms with E-state index in [1.54, 1.807) is 0 Å². The number of rotatable bonds is 2. The third-order valence-electron chi connectivity index (χ3n) is 3.69. The maximum absolute atomic E-state index is 12.0. The summed E-state index contributed by atoms with van der Waals surface area (Å²) >= 11 is 3.47. The van der Waals surface area contributed by atoms with Gasteiger partial charge in [0.1, 0.15) is 0 Å². The van der Waals surface area contributed by atoms with Crippen molar-refractivity contribution in [3.05, 3.63) is 33.2 Å². The first kappa shape index (κ1) is 12.0. The maximum atomic E-state index is 12.0. The van der Waals surface area contributed by atoms with Crippen molar-refractivity contribution < 1.29 is 0 Å². The number of hydrogen-bond acceptors (Lipinski definition) is 2. The molecule has 0 radical (unpaired) electrons. The maximum Gasteiger partial charge on any atom is 0.326 e. The van der Waals surface area contributed by atoms with Crippen molar-refractivity contribution in [3.63, 3.8) is 0 Å². The highest BCUT2D eigenvalue weighted by molar-refractivity contribution is 9.10. The van der Waals surface area contributed by atoms with Gasteiger partial charge in [-0.1, -0.05) is 6.07 Å². The standard InChI is InChI=1S/C13H16BrN3O/c1-16-6-5-9(7-16)8-17-11-4-2-3-10(14)12(11)15-13(17)18/h2-4,9H,5-8H2,1H3,(H,15,18). The van der Waals surface area contributed by atoms with Gasteiger partial charge in [-0.05, 0) is 54.0 Å². The van der Waals surface area contributed by atoms with Crippen molar-refractivity contribution in [1.29, 1.82) is 0 Å². The number of para-hydroxylation sites is 1. The second kappa shape index (κ2) is 4.55. The fourth-order valence-corrected chi connectivity index (χ4v) is 3.21. The summed E-state index contributed by atoms with van der Waals surface area (Å²) in [4.78, 5) is 17.3. The summed E-state index contributed by atoms with van der Waals surface area (Å²) in [7, 11) is 2.13. The van der Waals surface area contributed by atoms with Crippen LogP contribution >= 0.6 is 15.9 Å². The van der Waals surface area contributed by atoms with Gasteiger partial charge in [0, 0.05) is 17.6 Å². The lowest BCUT2D eigenvalue weighted by Crippen LogP contribution is -2.23. The fourth-order valence-electron chi connectivity index (χ4n) is 2.76. The molecule has 0 saturated carbocycles. The van der Waals surface area contributed by atoms with Crippen molar-refractivity contribution in [3.8, 4) is 0 Å². The zero-order valence-electron chi connectivity index (χ0n) is 10.3. The van der Waals surface area contributed by atoms with E-state index in [1.165, 1.54) is 6.42 Å². The quantitative estimate of drug-likeness (QED) is 0.922. The molecule has 2 aromatic rings. The summed E-state index contributed by atoms with van der Waals surface area (Å²) in [5.74, 6) is 0.575. The molecule has 1 aliphatic rings. The molecule has 0 bridgehead atoms. The predicted octanol–water partition coefficient (Wildman–Crippen LogP) is 2.04. The van der Waals surface area contributed by atoms with Crippen molar-refractivity contribution in [1.82, 2.24) is 14.5 Å². The van der Waals surface area contributed by atoms with Crippen molar-refractivity contribution >= 4 is 27.0 Å². The Morgan fingerprint density at radius 2 is 2.33 bits per heavy atom. The van der Waals surface area contributed by atoms with Gasteiger partial charge in [0.15, 0.2) is 0 Å². The number of fused-ring (bicyclic) bond motifs is 1. The van der Waals surface area contributed by atoms with Gasteiger partial charge < -0.3 is 9.88 Å². The van der Waals surface area contributed by atoms with E-state index in [0.717, 1.165) is 35.1 Å². The smallest absolute Gasteiger partial charge is 0.306 e. The second-order valence-electron chi connectivity index (χ2n) is 5.09. The Balaban J connectivity index is 1.99. The minimum atomic E-state index is -0.00791. The average molecular weight is 310 g/mol. The topological polar surface area (TPSA) is 41.0 Å². The zero-order valence-corrected chi connectivity index (χ0v) is 11.9. The lowest BCUT2D eigenvalue weighted by atomic mass is 10.1. The molecule has 1 N–H and O–H groups in total. The van der Waals surface area contributed by atoms with Gasteiger partial charge in [-0.25, -0.2) is 4.79 Å². The van der Waals surface area contributed by atoms with Gasteiger partial charge in [0.2, 0.25) is 0 Å². The molecule has 1 unspecified atom stereocenters. The zero-order chi connectivity index (χ0) is 12.7. The molecule has 2 heterocycles. The molecule has 1 saturated heterocycles. The molecule has 0 aliphatic carbocycles. The first-order chi connectivity index (χ1) is 8.65. The van der Waals surface area contributed by atoms with Crippen LogP contribution in [0.25, 0.3) is 11.0 Å². The largest absolute Gasteiger partial charge is 0.326 e. The first-order valence-electron chi connectivity index (χ1n) is 6.20. The van der Waals surface area contributed by atoms with E-state index in [9.17, 15) is 4.79 Å². The Labute approximate surface area is 114 Å². The number of nitrogens with one attached hydrogen (secondary N) is 1. The van der Waals surface area contributed by atoms with E-state index in [0.29, 0.717) is 5.92 Å². The molecular formula is C13H16BrN3O. The Bertz CT molecular complexity index is 631. The molecule has 5 heteroatoms. The molecule has 4 nitrogen and oxygen atoms in total. The van der Waals surface area contributed by atoms with Crippen LogP contribution in [0, 0.1) is 5.92 Å². The fraction of sp³-hybridized carbons (Fsp3) is 0.462. The van der Waals surface area contributed by atoms with Gasteiger partial charge in [0.25, 0.3) is 0 Å². The monoisotopic (exact) mass is 309 g/mol. The number of H-pyrrole nitrogens is 1. The molecule has 1 aromatic heterocycles. The normalized spacial score (nSPS) is 20.9. The van der Waals surface area contributed by atoms with E-state index in [4.69, 9.17) is 0 Å². The Morgan fingerprint density at radius 3 is 3.06 bits per heavy atom. The number of imidazole rings is 1. The van der Waals surface area contributed by atoms with E-state index < -0.39 is 0 Å². The van der Waals surface area contributed by atoms with Crippen LogP contribution in [0.2, 0.25) is 0 Å². The van der Waals surface area contributed by atoms with Crippen LogP contribution in [-0.4, -0.2) is 34.6 Å². The predicted molar refractivity (Wildman–Crippen MR) is 75.9 cm³/mol. The number of halogens is 1. The molecule has 18 heavy (non-hydrogen) atoms. The lowest BCUT2D eigenvalue weighted by Gasteiger charge is -2.11. The van der Waals surface area contributed by atoms with Crippen LogP contribution in [0.1, 0.15) is 6.42 Å². The molecule has 96 valence electrons. The lowest BCUT2D eigenvalue weighted by molar-refractivity contribution is 0.378. The van der Waals surface area contributed by atoms with Crippen molar-refractivity contribution in [2.75, 3.05) is 20.1 Å². The van der Waals surface area contributed by atoms with Gasteiger partial charge in [-0.2, -0.15) is 0 Å². The van der Waals surface area contributed by atoms with Gasteiger partial charge in [-0.15, -0.1) is 0 Å². The Hall–Kier alpha value is -1.07. The summed E-state index contributed by atoms with van der Waals surface area (Å²) < 4.78 is 2.81. The average Bonchev–Trinajstić information content (AvgIpc) is 2.87. The van der Waals surface area contributed by atoms with Crippen LogP contribution < -0.4 is 5.69 Å². The minimum Gasteiger partial charge on any atom is -0.306 e. The number of likely N-dealkylation sites (tertiary alicyclic amines) is 1. The van der Waals surface area contributed by atoms with E-state index >= 15 is 0 Å². The van der Waals surface area contributed by atoms with Crippen LogP contribution in [0.5, 0.6) is 0 Å². The highest BCUT2D eigenvalue weighted by atomic mass is 79.9. The van der Waals surface area contributed by atoms with E-state index in [2.05, 4.69) is 32.9 Å². The van der Waals surface area contributed by atoms with E-state index in [-0.39, 0.29) is 5.69 Å². The van der Waals surface area contributed by atoms with Crippen molar-refractivity contribution in [2.45, 2.75) is 13.0 Å². The number of benzene rings is 1. The molecule has 1 aliphatic heterocycles. The SMILES string of the molecule is CN1CCC(Cn2c(=O)[nH]c3c(Br)cccc32)C1. The van der Waals surface area contributed by atoms with Crippen LogP contribution in [0.4, 0.5) is 0 Å². The number of aromatic nitrogens is 2. The Kier molecular flexibility index (Phi) is 3.03. The summed E-state index contributed by atoms with van der Waals surface area (Å²) in [5, 5.41) is 0. The van der Waals surface area contributed by atoms with Gasteiger partial charge >= 0.3 is 5.69 Å². The summed E-state index contributed by atoms with van der Waals surface area (Å²) in [6.45, 7) is 3.01. The number of nitrogens with zero attached hydrogens (tertiary/aromatic N) is 2. The molecule has 1 fully saturated rings. The van der Waals surface area contributed by atoms with E-state index in [1.807, 2.05) is 22.8 Å². The third kappa shape index (κ3) is 2.01. The van der Waals surface area contributed by atoms with Crippen LogP contribution in [0.3, 0.4) is 0 Å². The number of aromatic amines is 1. The molecule has 3 rings (SSSR count). The Morgan fingerprint density at radius 1 is 1.50 bits per heavy atom. The van der Waals surface area contributed by atoms with Crippen molar-refractivity contribution in [2.24, 2.45) is 5.92 Å². The van der Waals surface area contributed by atoms with Crippen LogP contribution in [0.15, 0.2) is 27.5 Å². The van der Waals surface area contributed by atoms with Crippen LogP contribution in [-0.2, 0) is 6.54 Å². The van der Waals surface area contributed by atoms with Gasteiger partial charge in [0.05, 0.1) is 11.0 Å². The molecule has 0 spiro atoms. The summed E-state index contributed by atoms with van der Waals surface area (Å²) in [6.07, 6.45) is 1.17. The first-order valence-corrected chi connectivity index (χ1v) is 7.00. The second-order valence-corrected chi connectivity index (χ2v) is 5.95. The minimum absolute atomic E-state index is 0.00791. The third-order valence-corrected chi connectivity index (χ3v) is 4.35. The molecular weight excluding hydrogens is 294 g/mol. The molecule has 1 atom stereocenters. The summed E-state index contributed by atoms with van der Waals surface area (Å²) in [5.41, 5.74) is 1.88. The molecule has 0 amide bonds. The summed E-state index contributed by atoms with van der Waals surface area (Å²) in [6, 6.07) is 5.92. The molecule has 1 aromatic carbocycles. The van der Waals surface area contributed by atoms with Gasteiger partial charge in [-0.3, -0.25) is 4.57 Å². The highest BCUT2D eigenvalue weighted by Crippen LogP contribution is 2.23. The highest BCUT2D eigenvalue weighted by Gasteiger charge is 2.21.